The zero-order chi connectivity index (χ0) is 9.47. The van der Waals surface area contributed by atoms with Crippen LogP contribution in [0.15, 0.2) is 11.2 Å². The monoisotopic (exact) mass is 201 g/mol. The summed E-state index contributed by atoms with van der Waals surface area (Å²) in [4.78, 5) is 4.03. The van der Waals surface area contributed by atoms with Crippen LogP contribution in [0.2, 0.25) is 0 Å². The highest BCUT2D eigenvalue weighted by Gasteiger charge is 2.20. The van der Waals surface area contributed by atoms with Crippen LogP contribution in [0.5, 0.6) is 0 Å². The quantitative estimate of drug-likeness (QED) is 0.687. The van der Waals surface area contributed by atoms with E-state index in [0.29, 0.717) is 6.54 Å². The molecule has 72 valence electrons. The van der Waals surface area contributed by atoms with Gasteiger partial charge < -0.3 is 4.57 Å². The molecule has 6 heteroatoms. The van der Waals surface area contributed by atoms with Crippen molar-refractivity contribution in [1.82, 2.24) is 9.55 Å². The van der Waals surface area contributed by atoms with Crippen LogP contribution in [0.25, 0.3) is 0 Å². The van der Waals surface area contributed by atoms with Gasteiger partial charge in [-0.3, -0.25) is 0 Å². The number of aryl methyl sites for hydroxylation is 1. The van der Waals surface area contributed by atoms with Gasteiger partial charge >= 0.3 is 0 Å². The number of aromatic nitrogens is 2. The number of hydrogen-bond donors (Lipinski definition) is 1. The van der Waals surface area contributed by atoms with Gasteiger partial charge in [0.25, 0.3) is 10.0 Å². The molecule has 0 unspecified atom stereocenters. The highest BCUT2D eigenvalue weighted by molar-refractivity contribution is 7.89. The van der Waals surface area contributed by atoms with E-state index >= 15 is 0 Å². The van der Waals surface area contributed by atoms with Gasteiger partial charge in [0.05, 0.1) is 6.20 Å². The Morgan fingerprint density at radius 2 is 2.23 bits per heavy atom. The van der Waals surface area contributed by atoms with Crippen LogP contribution in [0.4, 0.5) is 0 Å². The largest absolute Gasteiger partial charge is 0.318 e. The van der Waals surface area contributed by atoms with Gasteiger partial charge in [0.1, 0.15) is 5.82 Å². The third kappa shape index (κ3) is 1.47. The Hall–Kier alpha value is -0.880. The zero-order valence-corrected chi connectivity index (χ0v) is 7.92. The first kappa shape index (κ1) is 8.71. The van der Waals surface area contributed by atoms with Crippen molar-refractivity contribution in [2.24, 2.45) is 5.14 Å². The lowest BCUT2D eigenvalue weighted by atomic mass is 10.2. The van der Waals surface area contributed by atoms with Crippen molar-refractivity contribution in [2.75, 3.05) is 0 Å². The number of hydrogen-bond acceptors (Lipinski definition) is 3. The number of nitrogens with zero attached hydrogens (tertiary/aromatic N) is 2. The Labute approximate surface area is 76.6 Å². The summed E-state index contributed by atoms with van der Waals surface area (Å²) in [5.74, 6) is 0.829. The summed E-state index contributed by atoms with van der Waals surface area (Å²) in [6.45, 7) is 0.709. The summed E-state index contributed by atoms with van der Waals surface area (Å²) < 4.78 is 23.9. The van der Waals surface area contributed by atoms with Crippen molar-refractivity contribution in [3.05, 3.63) is 12.0 Å². The maximum Gasteiger partial charge on any atom is 0.255 e. The second-order valence-electron chi connectivity index (χ2n) is 3.17. The van der Waals surface area contributed by atoms with Crippen LogP contribution < -0.4 is 5.14 Å². The molecule has 0 radical (unpaired) electrons. The van der Waals surface area contributed by atoms with Crippen LogP contribution in [-0.2, 0) is 23.0 Å². The minimum atomic E-state index is -3.60. The highest BCUT2D eigenvalue weighted by atomic mass is 32.2. The number of imidazole rings is 1. The van der Waals surface area contributed by atoms with Crippen LogP contribution in [0.1, 0.15) is 18.7 Å². The van der Waals surface area contributed by atoms with Gasteiger partial charge in [-0.2, -0.15) is 0 Å². The summed E-state index contributed by atoms with van der Waals surface area (Å²) in [5.41, 5.74) is 0. The maximum absolute atomic E-state index is 11.1. The fourth-order valence-corrected chi connectivity index (χ4v) is 2.32. The van der Waals surface area contributed by atoms with Crippen LogP contribution in [0, 0.1) is 0 Å². The molecule has 13 heavy (non-hydrogen) atoms. The van der Waals surface area contributed by atoms with E-state index in [1.54, 1.807) is 4.57 Å². The number of fused-ring (bicyclic) bond motifs is 1. The Balaban J connectivity index is 2.55. The second-order valence-corrected chi connectivity index (χ2v) is 4.67. The molecule has 2 rings (SSSR count). The molecule has 0 fully saturated rings. The molecular weight excluding hydrogens is 190 g/mol. The number of nitrogens with two attached hydrogens (primary N) is 1. The molecule has 1 aliphatic rings. The summed E-state index contributed by atoms with van der Waals surface area (Å²) in [5, 5.41) is 5.18. The lowest BCUT2D eigenvalue weighted by Crippen LogP contribution is -2.20. The van der Waals surface area contributed by atoms with Gasteiger partial charge in [0, 0.05) is 13.0 Å². The normalized spacial score (nSPS) is 17.0. The Bertz CT molecular complexity index is 421. The van der Waals surface area contributed by atoms with E-state index in [1.807, 2.05) is 0 Å². The Morgan fingerprint density at radius 1 is 1.46 bits per heavy atom. The molecule has 0 saturated heterocycles. The third-order valence-corrected chi connectivity index (χ3v) is 3.13. The molecule has 1 aliphatic heterocycles. The van der Waals surface area contributed by atoms with Gasteiger partial charge in [-0.15, -0.1) is 0 Å². The van der Waals surface area contributed by atoms with E-state index in [-0.39, 0.29) is 5.03 Å². The lowest BCUT2D eigenvalue weighted by molar-refractivity contribution is 0.488. The fraction of sp³-hybridized carbons (Fsp3) is 0.571. The minimum Gasteiger partial charge on any atom is -0.318 e. The van der Waals surface area contributed by atoms with Crippen molar-refractivity contribution in [2.45, 2.75) is 30.8 Å². The van der Waals surface area contributed by atoms with Crippen LogP contribution >= 0.6 is 0 Å². The van der Waals surface area contributed by atoms with E-state index in [4.69, 9.17) is 5.14 Å². The standard InChI is InChI=1S/C7H11N3O2S/c8-13(11,12)7-5-9-6-3-1-2-4-10(6)7/h5H,1-4H2,(H2,8,11,12). The second kappa shape index (κ2) is 2.81. The fourth-order valence-electron chi connectivity index (χ4n) is 1.62. The molecule has 2 heterocycles. The van der Waals surface area contributed by atoms with Gasteiger partial charge in [0.2, 0.25) is 0 Å². The summed E-state index contributed by atoms with van der Waals surface area (Å²) in [7, 11) is -3.60. The number of sulfonamides is 1. The first-order chi connectivity index (χ1) is 6.09. The van der Waals surface area contributed by atoms with Crippen LogP contribution in [0.3, 0.4) is 0 Å². The van der Waals surface area contributed by atoms with E-state index in [2.05, 4.69) is 4.98 Å². The van der Waals surface area contributed by atoms with Crippen molar-refractivity contribution < 1.29 is 8.42 Å². The molecular formula is C7H11N3O2S. The summed E-state index contributed by atoms with van der Waals surface area (Å²) in [6.07, 6.45) is 4.25. The van der Waals surface area contributed by atoms with Crippen LogP contribution in [-0.4, -0.2) is 18.0 Å². The average Bonchev–Trinajstić information content (AvgIpc) is 2.45. The molecule has 0 atom stereocenters. The third-order valence-electron chi connectivity index (χ3n) is 2.23. The lowest BCUT2D eigenvalue weighted by Gasteiger charge is -2.14. The molecule has 0 spiro atoms. The predicted molar refractivity (Wildman–Crippen MR) is 46.5 cm³/mol. The van der Waals surface area contributed by atoms with Crippen molar-refractivity contribution >= 4 is 10.0 Å². The topological polar surface area (TPSA) is 78.0 Å². The minimum absolute atomic E-state index is 0.141. The molecule has 5 nitrogen and oxygen atoms in total. The van der Waals surface area contributed by atoms with Crippen molar-refractivity contribution in [3.8, 4) is 0 Å². The van der Waals surface area contributed by atoms with E-state index in [9.17, 15) is 8.42 Å². The molecule has 0 aromatic carbocycles. The van der Waals surface area contributed by atoms with Gasteiger partial charge in [-0.1, -0.05) is 0 Å². The van der Waals surface area contributed by atoms with Crippen molar-refractivity contribution in [3.63, 3.8) is 0 Å². The smallest absolute Gasteiger partial charge is 0.255 e. The van der Waals surface area contributed by atoms with E-state index in [0.717, 1.165) is 25.1 Å². The molecule has 2 N–H and O–H groups in total. The van der Waals surface area contributed by atoms with E-state index < -0.39 is 10.0 Å². The maximum atomic E-state index is 11.1. The molecule has 0 saturated carbocycles. The first-order valence-electron chi connectivity index (χ1n) is 4.16. The highest BCUT2D eigenvalue weighted by Crippen LogP contribution is 2.18. The molecule has 1 aromatic heterocycles. The zero-order valence-electron chi connectivity index (χ0n) is 7.10. The van der Waals surface area contributed by atoms with Gasteiger partial charge in [-0.25, -0.2) is 18.5 Å². The molecule has 0 aliphatic carbocycles. The first-order valence-corrected chi connectivity index (χ1v) is 5.71. The number of primary sulfonamides is 1. The summed E-state index contributed by atoms with van der Waals surface area (Å²) >= 11 is 0. The molecule has 0 amide bonds. The molecule has 1 aromatic rings. The Kier molecular flexibility index (Phi) is 1.88. The van der Waals surface area contributed by atoms with Crippen molar-refractivity contribution in [1.29, 1.82) is 0 Å². The van der Waals surface area contributed by atoms with Gasteiger partial charge in [-0.05, 0) is 12.8 Å². The predicted octanol–water partition coefficient (Wildman–Crippen LogP) is -0.133. The average molecular weight is 201 g/mol. The summed E-state index contributed by atoms with van der Waals surface area (Å²) in [6, 6.07) is 0. The molecule has 0 bridgehead atoms. The number of rotatable bonds is 1. The SMILES string of the molecule is NS(=O)(=O)c1cnc2n1CCCC2. The van der Waals surface area contributed by atoms with Gasteiger partial charge in [0.15, 0.2) is 5.03 Å². The Morgan fingerprint density at radius 3 is 2.92 bits per heavy atom. The van der Waals surface area contributed by atoms with E-state index in [1.165, 1.54) is 6.20 Å².